The maximum absolute atomic E-state index is 12.6. The van der Waals surface area contributed by atoms with Crippen LogP contribution in [-0.2, 0) is 19.6 Å². The van der Waals surface area contributed by atoms with Gasteiger partial charge in [-0.1, -0.05) is 11.6 Å². The van der Waals surface area contributed by atoms with E-state index in [0.717, 1.165) is 6.42 Å². The van der Waals surface area contributed by atoms with Crippen LogP contribution in [0.25, 0.3) is 0 Å². The third-order valence-electron chi connectivity index (χ3n) is 4.35. The molecule has 140 valence electrons. The van der Waals surface area contributed by atoms with E-state index in [9.17, 15) is 13.2 Å². The van der Waals surface area contributed by atoms with Gasteiger partial charge in [-0.15, -0.1) is 0 Å². The van der Waals surface area contributed by atoms with E-state index in [1.165, 1.54) is 16.4 Å². The van der Waals surface area contributed by atoms with Gasteiger partial charge in [0.25, 0.3) is 0 Å². The summed E-state index contributed by atoms with van der Waals surface area (Å²) in [6.45, 7) is 2.11. The summed E-state index contributed by atoms with van der Waals surface area (Å²) >= 11 is 5.82. The van der Waals surface area contributed by atoms with Crippen LogP contribution in [0.5, 0.6) is 0 Å². The van der Waals surface area contributed by atoms with Gasteiger partial charge in [0.2, 0.25) is 15.9 Å². The molecule has 0 aromatic heterocycles. The molecule has 0 spiro atoms. The van der Waals surface area contributed by atoms with Crippen molar-refractivity contribution in [1.82, 2.24) is 9.62 Å². The molecule has 1 aromatic carbocycles. The molecule has 1 saturated heterocycles. The van der Waals surface area contributed by atoms with E-state index in [1.807, 2.05) is 0 Å². The largest absolute Gasteiger partial charge is 0.385 e. The number of benzene rings is 1. The lowest BCUT2D eigenvalue weighted by Gasteiger charge is -2.31. The van der Waals surface area contributed by atoms with Crippen LogP contribution in [0.2, 0.25) is 5.02 Å². The Kier molecular flexibility index (Phi) is 7.68. The Morgan fingerprint density at radius 2 is 1.92 bits per heavy atom. The monoisotopic (exact) mass is 388 g/mol. The first-order valence-corrected chi connectivity index (χ1v) is 10.3. The Balaban J connectivity index is 1.81. The molecule has 6 nitrogen and oxygen atoms in total. The van der Waals surface area contributed by atoms with Crippen molar-refractivity contribution in [2.24, 2.45) is 5.92 Å². The Morgan fingerprint density at radius 3 is 2.52 bits per heavy atom. The number of hydrogen-bond donors (Lipinski definition) is 1. The zero-order valence-corrected chi connectivity index (χ0v) is 16.0. The van der Waals surface area contributed by atoms with Crippen LogP contribution >= 0.6 is 11.6 Å². The number of halogens is 1. The lowest BCUT2D eigenvalue weighted by atomic mass is 9.94. The average molecular weight is 389 g/mol. The fourth-order valence-corrected chi connectivity index (χ4v) is 4.48. The van der Waals surface area contributed by atoms with Crippen molar-refractivity contribution in [3.63, 3.8) is 0 Å². The summed E-state index contributed by atoms with van der Waals surface area (Å²) in [7, 11) is -1.86. The van der Waals surface area contributed by atoms with Gasteiger partial charge in [-0.25, -0.2) is 8.42 Å². The summed E-state index contributed by atoms with van der Waals surface area (Å²) in [5.74, 6) is 0.245. The van der Waals surface area contributed by atoms with E-state index in [-0.39, 0.29) is 16.7 Å². The average Bonchev–Trinajstić information content (AvgIpc) is 2.60. The Hall–Kier alpha value is -1.15. The van der Waals surface area contributed by atoms with Crippen molar-refractivity contribution in [1.29, 1.82) is 0 Å². The molecule has 1 fully saturated rings. The highest BCUT2D eigenvalue weighted by Crippen LogP contribution is 2.26. The summed E-state index contributed by atoms with van der Waals surface area (Å²) < 4.78 is 31.7. The second kappa shape index (κ2) is 9.52. The van der Waals surface area contributed by atoms with Gasteiger partial charge in [0, 0.05) is 44.8 Å². The molecule has 1 aliphatic rings. The van der Waals surface area contributed by atoms with Crippen LogP contribution in [0, 0.1) is 5.92 Å². The smallest absolute Gasteiger partial charge is 0.243 e. The zero-order chi connectivity index (χ0) is 18.3. The number of amides is 1. The maximum Gasteiger partial charge on any atom is 0.243 e. The van der Waals surface area contributed by atoms with Crippen LogP contribution < -0.4 is 5.32 Å². The van der Waals surface area contributed by atoms with Crippen LogP contribution in [0.15, 0.2) is 29.2 Å². The zero-order valence-electron chi connectivity index (χ0n) is 14.4. The molecule has 0 radical (unpaired) electrons. The number of piperidine rings is 1. The third kappa shape index (κ3) is 5.95. The first-order chi connectivity index (χ1) is 11.9. The standard InChI is InChI=1S/C17H25ClN2O4S/c1-24-12-2-9-19-17(21)13-14-7-10-20(11-8-14)25(22,23)16-5-3-15(18)4-6-16/h3-6,14H,2,7-13H2,1H3,(H,19,21). The first-order valence-electron chi connectivity index (χ1n) is 8.45. The van der Waals surface area contributed by atoms with Crippen molar-refractivity contribution in [3.05, 3.63) is 29.3 Å². The summed E-state index contributed by atoms with van der Waals surface area (Å²) in [5, 5.41) is 3.38. The SMILES string of the molecule is COCCCNC(=O)CC1CCN(S(=O)(=O)c2ccc(Cl)cc2)CC1. The molecule has 1 aliphatic heterocycles. The molecular weight excluding hydrogens is 364 g/mol. The Bertz CT molecular complexity index is 656. The van der Waals surface area contributed by atoms with Crippen molar-refractivity contribution in [2.45, 2.75) is 30.6 Å². The van der Waals surface area contributed by atoms with Gasteiger partial charge in [0.1, 0.15) is 0 Å². The van der Waals surface area contributed by atoms with Crippen LogP contribution in [0.3, 0.4) is 0 Å². The molecule has 1 N–H and O–H groups in total. The van der Waals surface area contributed by atoms with Crippen molar-refractivity contribution in [3.8, 4) is 0 Å². The Labute approximate surface area is 154 Å². The van der Waals surface area contributed by atoms with Crippen LogP contribution in [0.1, 0.15) is 25.7 Å². The van der Waals surface area contributed by atoms with E-state index in [0.29, 0.717) is 50.5 Å². The molecule has 25 heavy (non-hydrogen) atoms. The predicted molar refractivity (Wildman–Crippen MR) is 97.1 cm³/mol. The van der Waals surface area contributed by atoms with Gasteiger partial charge in [-0.3, -0.25) is 4.79 Å². The van der Waals surface area contributed by atoms with Gasteiger partial charge in [0.05, 0.1) is 4.90 Å². The number of hydrogen-bond acceptors (Lipinski definition) is 4. The van der Waals surface area contributed by atoms with Crippen molar-refractivity contribution in [2.75, 3.05) is 33.4 Å². The Morgan fingerprint density at radius 1 is 1.28 bits per heavy atom. The second-order valence-corrected chi connectivity index (χ2v) is 8.58. The number of nitrogens with one attached hydrogen (secondary N) is 1. The number of ether oxygens (including phenoxy) is 1. The van der Waals surface area contributed by atoms with E-state index in [4.69, 9.17) is 16.3 Å². The van der Waals surface area contributed by atoms with Gasteiger partial charge < -0.3 is 10.1 Å². The molecule has 2 rings (SSSR count). The van der Waals surface area contributed by atoms with Gasteiger partial charge in [-0.05, 0) is 49.4 Å². The number of carbonyl (C=O) groups excluding carboxylic acids is 1. The molecule has 0 bridgehead atoms. The molecule has 0 aliphatic carbocycles. The van der Waals surface area contributed by atoms with Crippen molar-refractivity contribution >= 4 is 27.5 Å². The lowest BCUT2D eigenvalue weighted by molar-refractivity contribution is -0.122. The topological polar surface area (TPSA) is 75.7 Å². The summed E-state index contributed by atoms with van der Waals surface area (Å²) in [6.07, 6.45) is 2.62. The number of nitrogens with zero attached hydrogens (tertiary/aromatic N) is 1. The second-order valence-electron chi connectivity index (χ2n) is 6.20. The fourth-order valence-electron chi connectivity index (χ4n) is 2.89. The number of methoxy groups -OCH3 is 1. The van der Waals surface area contributed by atoms with Gasteiger partial charge >= 0.3 is 0 Å². The lowest BCUT2D eigenvalue weighted by Crippen LogP contribution is -2.39. The molecule has 0 saturated carbocycles. The van der Waals surface area contributed by atoms with Crippen LogP contribution in [-0.4, -0.2) is 52.0 Å². The molecule has 8 heteroatoms. The maximum atomic E-state index is 12.6. The fraction of sp³-hybridized carbons (Fsp3) is 0.588. The number of rotatable bonds is 8. The minimum absolute atomic E-state index is 0.0233. The highest BCUT2D eigenvalue weighted by molar-refractivity contribution is 7.89. The van der Waals surface area contributed by atoms with Crippen LogP contribution in [0.4, 0.5) is 0 Å². The molecule has 1 aromatic rings. The molecule has 0 atom stereocenters. The van der Waals surface area contributed by atoms with E-state index in [2.05, 4.69) is 5.32 Å². The minimum Gasteiger partial charge on any atom is -0.385 e. The first kappa shape index (κ1) is 20.2. The quantitative estimate of drug-likeness (QED) is 0.693. The molecule has 0 unspecified atom stereocenters. The molecule has 1 heterocycles. The summed E-state index contributed by atoms with van der Waals surface area (Å²) in [6, 6.07) is 6.21. The van der Waals surface area contributed by atoms with Gasteiger partial charge in [-0.2, -0.15) is 4.31 Å². The number of sulfonamides is 1. The summed E-state index contributed by atoms with van der Waals surface area (Å²) in [4.78, 5) is 12.2. The molecule has 1 amide bonds. The highest BCUT2D eigenvalue weighted by Gasteiger charge is 2.30. The highest BCUT2D eigenvalue weighted by atomic mass is 35.5. The van der Waals surface area contributed by atoms with E-state index < -0.39 is 10.0 Å². The normalized spacial score (nSPS) is 16.7. The van der Waals surface area contributed by atoms with Gasteiger partial charge in [0.15, 0.2) is 0 Å². The van der Waals surface area contributed by atoms with E-state index in [1.54, 1.807) is 19.2 Å². The third-order valence-corrected chi connectivity index (χ3v) is 6.51. The van der Waals surface area contributed by atoms with Crippen molar-refractivity contribution < 1.29 is 17.9 Å². The number of carbonyl (C=O) groups is 1. The van der Waals surface area contributed by atoms with E-state index >= 15 is 0 Å². The minimum atomic E-state index is -3.49. The molecular formula is C17H25ClN2O4S. The summed E-state index contributed by atoms with van der Waals surface area (Å²) in [5.41, 5.74) is 0. The predicted octanol–water partition coefficient (Wildman–Crippen LogP) is 2.28.